The maximum Gasteiger partial charge on any atom is 0.243 e. The van der Waals surface area contributed by atoms with Crippen LogP contribution in [0, 0.1) is 5.82 Å². The van der Waals surface area contributed by atoms with E-state index in [1.807, 2.05) is 0 Å². The number of rotatable bonds is 7. The maximum atomic E-state index is 13.6. The smallest absolute Gasteiger partial charge is 0.243 e. The molecule has 110 valence electrons. The van der Waals surface area contributed by atoms with Gasteiger partial charge in [0.1, 0.15) is 17.1 Å². The van der Waals surface area contributed by atoms with Crippen LogP contribution in [-0.4, -0.2) is 24.0 Å². The van der Waals surface area contributed by atoms with E-state index in [1.54, 1.807) is 24.4 Å². The van der Waals surface area contributed by atoms with Crippen molar-refractivity contribution in [1.29, 1.82) is 0 Å². The Morgan fingerprint density at radius 2 is 2.24 bits per heavy atom. The topological polar surface area (TPSA) is 51.2 Å². The number of hydrogen-bond donors (Lipinski definition) is 1. The van der Waals surface area contributed by atoms with E-state index in [-0.39, 0.29) is 11.7 Å². The Bertz CT molecular complexity index is 643. The van der Waals surface area contributed by atoms with Gasteiger partial charge in [-0.2, -0.15) is 0 Å². The Labute approximate surface area is 122 Å². The van der Waals surface area contributed by atoms with Crippen molar-refractivity contribution in [3.05, 3.63) is 48.9 Å². The quantitative estimate of drug-likeness (QED) is 0.629. The molecule has 0 aliphatic rings. The largest absolute Gasteiger partial charge is 0.491 e. The number of pyridine rings is 1. The Kier molecular flexibility index (Phi) is 5.26. The highest BCUT2D eigenvalue weighted by Gasteiger charge is 2.07. The number of unbranched alkanes of at least 4 members (excludes halogenated alkanes) is 1. The van der Waals surface area contributed by atoms with Crippen LogP contribution < -0.4 is 10.1 Å². The van der Waals surface area contributed by atoms with Crippen molar-refractivity contribution in [2.24, 2.45) is 0 Å². The summed E-state index contributed by atoms with van der Waals surface area (Å²) in [5.74, 6) is 0.0874. The fourth-order valence-electron chi connectivity index (χ4n) is 1.92. The number of carbonyl (C=O) groups excluding carboxylic acids is 1. The van der Waals surface area contributed by atoms with Crippen LogP contribution in [0.1, 0.15) is 12.8 Å². The second-order valence-corrected chi connectivity index (χ2v) is 4.50. The maximum absolute atomic E-state index is 13.6. The van der Waals surface area contributed by atoms with E-state index < -0.39 is 0 Å². The van der Waals surface area contributed by atoms with Crippen LogP contribution in [0.25, 0.3) is 10.9 Å². The molecule has 1 heterocycles. The van der Waals surface area contributed by atoms with E-state index in [2.05, 4.69) is 16.9 Å². The summed E-state index contributed by atoms with van der Waals surface area (Å²) in [5.41, 5.74) is 0.525. The molecule has 0 spiro atoms. The lowest BCUT2D eigenvalue weighted by Gasteiger charge is -2.09. The molecule has 0 aliphatic heterocycles. The molecule has 0 fully saturated rings. The fourth-order valence-corrected chi connectivity index (χ4v) is 1.92. The third-order valence-corrected chi connectivity index (χ3v) is 2.99. The van der Waals surface area contributed by atoms with Crippen LogP contribution >= 0.6 is 0 Å². The monoisotopic (exact) mass is 288 g/mol. The SMILES string of the molecule is C=CC(=O)NCCCCOc1ccc(F)c2cccnc12. The first kappa shape index (κ1) is 15.0. The summed E-state index contributed by atoms with van der Waals surface area (Å²) in [5, 5.41) is 3.15. The molecule has 0 saturated carbocycles. The van der Waals surface area contributed by atoms with Crippen molar-refractivity contribution < 1.29 is 13.9 Å². The lowest BCUT2D eigenvalue weighted by atomic mass is 10.2. The van der Waals surface area contributed by atoms with E-state index in [0.717, 1.165) is 12.8 Å². The molecule has 5 heteroatoms. The average Bonchev–Trinajstić information content (AvgIpc) is 2.52. The molecule has 1 aromatic carbocycles. The predicted octanol–water partition coefficient (Wildman–Crippen LogP) is 2.84. The zero-order chi connectivity index (χ0) is 15.1. The number of ether oxygens (including phenoxy) is 1. The van der Waals surface area contributed by atoms with Gasteiger partial charge in [-0.05, 0) is 43.2 Å². The molecule has 0 unspecified atom stereocenters. The van der Waals surface area contributed by atoms with E-state index >= 15 is 0 Å². The van der Waals surface area contributed by atoms with Gasteiger partial charge in [-0.1, -0.05) is 6.58 Å². The number of halogens is 1. The molecule has 0 bridgehead atoms. The van der Waals surface area contributed by atoms with Crippen LogP contribution in [0.2, 0.25) is 0 Å². The normalized spacial score (nSPS) is 10.3. The van der Waals surface area contributed by atoms with Gasteiger partial charge in [0.15, 0.2) is 0 Å². The van der Waals surface area contributed by atoms with Gasteiger partial charge in [-0.15, -0.1) is 0 Å². The minimum atomic E-state index is -0.308. The van der Waals surface area contributed by atoms with Gasteiger partial charge in [-0.3, -0.25) is 9.78 Å². The van der Waals surface area contributed by atoms with Crippen molar-refractivity contribution in [3.63, 3.8) is 0 Å². The molecule has 4 nitrogen and oxygen atoms in total. The fraction of sp³-hybridized carbons (Fsp3) is 0.250. The standard InChI is InChI=1S/C16H17FN2O2/c1-2-15(20)18-9-3-4-11-21-14-8-7-13(17)12-6-5-10-19-16(12)14/h2,5-8,10H,1,3-4,9,11H2,(H,18,20). The predicted molar refractivity (Wildman–Crippen MR) is 79.6 cm³/mol. The number of benzene rings is 1. The van der Waals surface area contributed by atoms with Gasteiger partial charge in [0, 0.05) is 18.1 Å². The summed E-state index contributed by atoms with van der Waals surface area (Å²) in [6.07, 6.45) is 4.43. The summed E-state index contributed by atoms with van der Waals surface area (Å²) in [6.45, 7) is 4.44. The van der Waals surface area contributed by atoms with Crippen molar-refractivity contribution in [2.45, 2.75) is 12.8 Å². The molecule has 0 radical (unpaired) electrons. The third-order valence-electron chi connectivity index (χ3n) is 2.99. The van der Waals surface area contributed by atoms with Crippen molar-refractivity contribution in [3.8, 4) is 5.75 Å². The number of nitrogens with zero attached hydrogens (tertiary/aromatic N) is 1. The number of carbonyl (C=O) groups is 1. The van der Waals surface area contributed by atoms with Gasteiger partial charge in [0.05, 0.1) is 6.61 Å². The molecule has 0 aliphatic carbocycles. The molecule has 2 rings (SSSR count). The molecule has 0 saturated heterocycles. The molecule has 1 amide bonds. The molecule has 0 atom stereocenters. The third kappa shape index (κ3) is 4.02. The molecule has 1 N–H and O–H groups in total. The number of hydrogen-bond acceptors (Lipinski definition) is 3. The molecule has 21 heavy (non-hydrogen) atoms. The van der Waals surface area contributed by atoms with Crippen LogP contribution in [-0.2, 0) is 4.79 Å². The van der Waals surface area contributed by atoms with Gasteiger partial charge in [-0.25, -0.2) is 4.39 Å². The summed E-state index contributed by atoms with van der Waals surface area (Å²) in [6, 6.07) is 6.33. The highest BCUT2D eigenvalue weighted by atomic mass is 19.1. The van der Waals surface area contributed by atoms with Gasteiger partial charge in [0.25, 0.3) is 0 Å². The van der Waals surface area contributed by atoms with Crippen LogP contribution in [0.4, 0.5) is 4.39 Å². The van der Waals surface area contributed by atoms with Crippen molar-refractivity contribution >= 4 is 16.8 Å². The van der Waals surface area contributed by atoms with Gasteiger partial charge < -0.3 is 10.1 Å². The Morgan fingerprint density at radius 1 is 1.38 bits per heavy atom. The van der Waals surface area contributed by atoms with Gasteiger partial charge in [0.2, 0.25) is 5.91 Å². The molecule has 2 aromatic rings. The Hall–Kier alpha value is -2.43. The number of aromatic nitrogens is 1. The van der Waals surface area contributed by atoms with E-state index in [1.165, 1.54) is 12.1 Å². The second kappa shape index (κ2) is 7.38. The lowest BCUT2D eigenvalue weighted by molar-refractivity contribution is -0.116. The summed E-state index contributed by atoms with van der Waals surface area (Å²) in [7, 11) is 0. The van der Waals surface area contributed by atoms with E-state index in [4.69, 9.17) is 4.74 Å². The summed E-state index contributed by atoms with van der Waals surface area (Å²) < 4.78 is 19.3. The molecular weight excluding hydrogens is 271 g/mol. The van der Waals surface area contributed by atoms with Crippen molar-refractivity contribution in [1.82, 2.24) is 10.3 Å². The molecular formula is C16H17FN2O2. The van der Waals surface area contributed by atoms with Crippen LogP contribution in [0.5, 0.6) is 5.75 Å². The van der Waals surface area contributed by atoms with Crippen LogP contribution in [0.3, 0.4) is 0 Å². The van der Waals surface area contributed by atoms with Crippen LogP contribution in [0.15, 0.2) is 43.1 Å². The zero-order valence-corrected chi connectivity index (χ0v) is 11.6. The minimum absolute atomic E-state index is 0.176. The first-order chi connectivity index (χ1) is 10.2. The number of fused-ring (bicyclic) bond motifs is 1. The highest BCUT2D eigenvalue weighted by Crippen LogP contribution is 2.25. The Balaban J connectivity index is 1.85. The molecule has 1 aromatic heterocycles. The average molecular weight is 288 g/mol. The highest BCUT2D eigenvalue weighted by molar-refractivity contribution is 5.86. The first-order valence-corrected chi connectivity index (χ1v) is 6.78. The van der Waals surface area contributed by atoms with Gasteiger partial charge >= 0.3 is 0 Å². The number of nitrogens with one attached hydrogen (secondary N) is 1. The summed E-state index contributed by atoms with van der Waals surface area (Å²) in [4.78, 5) is 15.1. The van der Waals surface area contributed by atoms with Crippen molar-refractivity contribution in [2.75, 3.05) is 13.2 Å². The summed E-state index contributed by atoms with van der Waals surface area (Å²) >= 11 is 0. The van der Waals surface area contributed by atoms with E-state index in [9.17, 15) is 9.18 Å². The number of amides is 1. The Morgan fingerprint density at radius 3 is 3.05 bits per heavy atom. The van der Waals surface area contributed by atoms with E-state index in [0.29, 0.717) is 29.8 Å². The minimum Gasteiger partial charge on any atom is -0.491 e. The zero-order valence-electron chi connectivity index (χ0n) is 11.6. The lowest BCUT2D eigenvalue weighted by Crippen LogP contribution is -2.22. The first-order valence-electron chi connectivity index (χ1n) is 6.78. The second-order valence-electron chi connectivity index (χ2n) is 4.50.